The first-order valence-electron chi connectivity index (χ1n) is 7.66. The smallest absolute Gasteiger partial charge is 0.223 e. The molecule has 1 aliphatic heterocycles. The molecule has 0 saturated carbocycles. The van der Waals surface area contributed by atoms with Crippen molar-refractivity contribution in [2.24, 2.45) is 0 Å². The molecule has 0 radical (unpaired) electrons. The number of nitrogens with one attached hydrogen (secondary N) is 1. The van der Waals surface area contributed by atoms with Gasteiger partial charge in [0.2, 0.25) is 5.91 Å². The lowest BCUT2D eigenvalue weighted by Gasteiger charge is -2.24. The Morgan fingerprint density at radius 1 is 1.46 bits per heavy atom. The van der Waals surface area contributed by atoms with Crippen LogP contribution in [0.4, 0.5) is 0 Å². The molecule has 1 unspecified atom stereocenters. The molecule has 2 aromatic rings. The van der Waals surface area contributed by atoms with Gasteiger partial charge in [-0.2, -0.15) is 0 Å². The number of rotatable bonds is 5. The minimum absolute atomic E-state index is 0. The van der Waals surface area contributed by atoms with Crippen molar-refractivity contribution in [1.82, 2.24) is 15.2 Å². The first kappa shape index (κ1) is 21.6. The van der Waals surface area contributed by atoms with Gasteiger partial charge in [-0.3, -0.25) is 4.79 Å². The number of aromatic nitrogens is 1. The zero-order chi connectivity index (χ0) is 15.5. The molecule has 1 N–H and O–H groups in total. The van der Waals surface area contributed by atoms with Crippen LogP contribution in [0.2, 0.25) is 0 Å². The number of hydrogen-bond acceptors (Lipinski definition) is 4. The van der Waals surface area contributed by atoms with E-state index in [2.05, 4.69) is 32.3 Å². The minimum atomic E-state index is 0. The van der Waals surface area contributed by atoms with Crippen LogP contribution in [0.25, 0.3) is 10.2 Å². The molecule has 4 nitrogen and oxygen atoms in total. The van der Waals surface area contributed by atoms with E-state index >= 15 is 0 Å². The Hall–Kier alpha value is -0.400. The molecule has 1 aliphatic rings. The predicted molar refractivity (Wildman–Crippen MR) is 109 cm³/mol. The van der Waals surface area contributed by atoms with Crippen molar-refractivity contribution in [3.05, 3.63) is 27.7 Å². The lowest BCUT2D eigenvalue weighted by atomic mass is 10.2. The van der Waals surface area contributed by atoms with Gasteiger partial charge in [-0.15, -0.1) is 36.2 Å². The van der Waals surface area contributed by atoms with Gasteiger partial charge in [-0.05, 0) is 38.1 Å². The van der Waals surface area contributed by atoms with Gasteiger partial charge in [-0.25, -0.2) is 4.98 Å². The van der Waals surface area contributed by atoms with Gasteiger partial charge in [-0.1, -0.05) is 15.9 Å². The van der Waals surface area contributed by atoms with Crippen LogP contribution in [-0.4, -0.2) is 42.0 Å². The number of amides is 1. The quantitative estimate of drug-likeness (QED) is 0.741. The van der Waals surface area contributed by atoms with Gasteiger partial charge in [0.05, 0.1) is 15.2 Å². The predicted octanol–water partition coefficient (Wildman–Crippen LogP) is 4.05. The Balaban J connectivity index is 0.00000144. The molecular formula is C16H22BrCl2N3OS. The Morgan fingerprint density at radius 2 is 2.25 bits per heavy atom. The zero-order valence-electron chi connectivity index (χ0n) is 13.5. The number of fused-ring (bicyclic) bond motifs is 1. The summed E-state index contributed by atoms with van der Waals surface area (Å²) in [6.07, 6.45) is 3.52. The highest BCUT2D eigenvalue weighted by Gasteiger charge is 2.27. The standard InChI is InChI=1S/C16H20BrN3OS.2ClH/c1-18-10-12-3-2-8-20(12)16(21)7-6-15-19-13-9-11(17)4-5-14(13)22-15;;/h4-5,9,12,18H,2-3,6-8,10H2,1H3;2*1H. The number of thiazole rings is 1. The maximum Gasteiger partial charge on any atom is 0.223 e. The van der Waals surface area contributed by atoms with Gasteiger partial charge >= 0.3 is 0 Å². The summed E-state index contributed by atoms with van der Waals surface area (Å²) in [6.45, 7) is 1.79. The summed E-state index contributed by atoms with van der Waals surface area (Å²) >= 11 is 5.15. The molecule has 1 aromatic heterocycles. The second kappa shape index (κ2) is 9.92. The molecule has 1 aromatic carbocycles. The number of nitrogens with zero attached hydrogens (tertiary/aromatic N) is 2. The molecule has 2 heterocycles. The van der Waals surface area contributed by atoms with Crippen LogP contribution in [0.3, 0.4) is 0 Å². The molecule has 1 atom stereocenters. The zero-order valence-corrected chi connectivity index (χ0v) is 17.5. The molecule has 0 aliphatic carbocycles. The van der Waals surface area contributed by atoms with Gasteiger partial charge in [0, 0.05) is 36.4 Å². The van der Waals surface area contributed by atoms with Crippen LogP contribution >= 0.6 is 52.1 Å². The number of likely N-dealkylation sites (tertiary alicyclic amines) is 1. The third-order valence-electron chi connectivity index (χ3n) is 4.08. The van der Waals surface area contributed by atoms with Gasteiger partial charge in [0.1, 0.15) is 0 Å². The van der Waals surface area contributed by atoms with E-state index in [1.165, 1.54) is 4.70 Å². The molecule has 0 spiro atoms. The number of aryl methyl sites for hydroxylation is 1. The number of likely N-dealkylation sites (N-methyl/N-ethyl adjacent to an activating group) is 1. The van der Waals surface area contributed by atoms with Crippen molar-refractivity contribution < 1.29 is 4.79 Å². The molecule has 24 heavy (non-hydrogen) atoms. The Bertz CT molecular complexity index is 682. The second-order valence-electron chi connectivity index (χ2n) is 5.66. The lowest BCUT2D eigenvalue weighted by molar-refractivity contribution is -0.131. The third-order valence-corrected chi connectivity index (χ3v) is 5.67. The number of halogens is 3. The van der Waals surface area contributed by atoms with Crippen LogP contribution in [0.15, 0.2) is 22.7 Å². The maximum absolute atomic E-state index is 12.4. The van der Waals surface area contributed by atoms with E-state index in [1.807, 2.05) is 24.1 Å². The fourth-order valence-corrected chi connectivity index (χ4v) is 4.32. The highest BCUT2D eigenvalue weighted by atomic mass is 79.9. The van der Waals surface area contributed by atoms with Crippen molar-refractivity contribution in [3.63, 3.8) is 0 Å². The summed E-state index contributed by atoms with van der Waals surface area (Å²) in [5.74, 6) is 0.262. The molecule has 1 fully saturated rings. The summed E-state index contributed by atoms with van der Waals surface area (Å²) in [4.78, 5) is 19.1. The Morgan fingerprint density at radius 3 is 3.00 bits per heavy atom. The topological polar surface area (TPSA) is 45.2 Å². The molecule has 134 valence electrons. The van der Waals surface area contributed by atoms with E-state index in [4.69, 9.17) is 0 Å². The number of carbonyl (C=O) groups is 1. The van der Waals surface area contributed by atoms with E-state index in [9.17, 15) is 4.79 Å². The van der Waals surface area contributed by atoms with Crippen LogP contribution in [0, 0.1) is 0 Å². The van der Waals surface area contributed by atoms with Gasteiger partial charge in [0.15, 0.2) is 0 Å². The van der Waals surface area contributed by atoms with Crippen molar-refractivity contribution in [2.45, 2.75) is 31.7 Å². The molecule has 0 bridgehead atoms. The van der Waals surface area contributed by atoms with Crippen LogP contribution < -0.4 is 5.32 Å². The first-order chi connectivity index (χ1) is 10.7. The average molecular weight is 455 g/mol. The number of carbonyl (C=O) groups excluding carboxylic acids is 1. The number of hydrogen-bond donors (Lipinski definition) is 1. The second-order valence-corrected chi connectivity index (χ2v) is 7.69. The van der Waals surface area contributed by atoms with Crippen molar-refractivity contribution in [2.75, 3.05) is 20.1 Å². The van der Waals surface area contributed by atoms with Crippen LogP contribution in [0.5, 0.6) is 0 Å². The fourth-order valence-electron chi connectivity index (χ4n) is 3.02. The average Bonchev–Trinajstić information content (AvgIpc) is 3.11. The summed E-state index contributed by atoms with van der Waals surface area (Å²) in [5, 5.41) is 4.23. The summed E-state index contributed by atoms with van der Waals surface area (Å²) in [7, 11) is 1.94. The first-order valence-corrected chi connectivity index (χ1v) is 9.27. The van der Waals surface area contributed by atoms with Crippen molar-refractivity contribution in [1.29, 1.82) is 0 Å². The Kier molecular flexibility index (Phi) is 8.95. The molecular weight excluding hydrogens is 433 g/mol. The molecule has 8 heteroatoms. The van der Waals surface area contributed by atoms with Crippen molar-refractivity contribution >= 4 is 68.2 Å². The van der Waals surface area contributed by atoms with Gasteiger partial charge < -0.3 is 10.2 Å². The summed E-state index contributed by atoms with van der Waals surface area (Å²) in [6, 6.07) is 6.50. The Labute approximate surface area is 167 Å². The third kappa shape index (κ3) is 5.05. The molecule has 1 saturated heterocycles. The van der Waals surface area contributed by atoms with Gasteiger partial charge in [0.25, 0.3) is 0 Å². The van der Waals surface area contributed by atoms with Crippen LogP contribution in [-0.2, 0) is 11.2 Å². The SMILES string of the molecule is CNCC1CCCN1C(=O)CCc1nc2cc(Br)ccc2s1.Cl.Cl. The fraction of sp³-hybridized carbons (Fsp3) is 0.500. The highest BCUT2D eigenvalue weighted by Crippen LogP contribution is 2.26. The lowest BCUT2D eigenvalue weighted by Crippen LogP contribution is -2.40. The monoisotopic (exact) mass is 453 g/mol. The normalized spacial score (nSPS) is 16.8. The van der Waals surface area contributed by atoms with Crippen molar-refractivity contribution in [3.8, 4) is 0 Å². The van der Waals surface area contributed by atoms with E-state index in [1.54, 1.807) is 11.3 Å². The van der Waals surface area contributed by atoms with E-state index in [0.717, 1.165) is 47.3 Å². The largest absolute Gasteiger partial charge is 0.338 e. The van der Waals surface area contributed by atoms with Crippen LogP contribution in [0.1, 0.15) is 24.3 Å². The molecule has 1 amide bonds. The molecule has 3 rings (SSSR count). The number of benzene rings is 1. The summed E-state index contributed by atoms with van der Waals surface area (Å²) < 4.78 is 2.22. The highest BCUT2D eigenvalue weighted by molar-refractivity contribution is 9.10. The van der Waals surface area contributed by atoms with E-state index in [0.29, 0.717) is 12.5 Å². The summed E-state index contributed by atoms with van der Waals surface area (Å²) in [5.41, 5.74) is 1.01. The minimum Gasteiger partial charge on any atom is -0.338 e. The maximum atomic E-state index is 12.4. The van der Waals surface area contributed by atoms with E-state index in [-0.39, 0.29) is 30.7 Å². The van der Waals surface area contributed by atoms with E-state index < -0.39 is 0 Å².